The number of nitrogens with zero attached hydrogens (tertiary/aromatic N) is 1. The second-order valence-electron chi connectivity index (χ2n) is 7.02. The number of carbonyl (C=O) groups is 1. The first-order chi connectivity index (χ1) is 15.0. The van der Waals surface area contributed by atoms with Crippen molar-refractivity contribution in [1.82, 2.24) is 4.90 Å². The van der Waals surface area contributed by atoms with Crippen molar-refractivity contribution in [3.8, 4) is 5.75 Å². The van der Waals surface area contributed by atoms with Crippen LogP contribution in [0.4, 0.5) is 0 Å². The van der Waals surface area contributed by atoms with Gasteiger partial charge in [-0.15, -0.1) is 0 Å². The maximum absolute atomic E-state index is 10.9. The number of aliphatic carboxylic acids is 1. The Labute approximate surface area is 196 Å². The SMILES string of the molecule is CCOc1ccccc1Sc1ccc(/C=C/CN2CCOC(CC(=O)O)C2)c(Cl)c1Cl. The van der Waals surface area contributed by atoms with Crippen molar-refractivity contribution in [3.05, 3.63) is 58.1 Å². The minimum atomic E-state index is -0.842. The Morgan fingerprint density at radius 2 is 2.06 bits per heavy atom. The van der Waals surface area contributed by atoms with E-state index in [2.05, 4.69) is 4.90 Å². The molecule has 1 unspecified atom stereocenters. The first-order valence-electron chi connectivity index (χ1n) is 10.1. The molecule has 2 aromatic rings. The number of morpholine rings is 1. The van der Waals surface area contributed by atoms with Gasteiger partial charge in [0.1, 0.15) is 5.75 Å². The van der Waals surface area contributed by atoms with Crippen LogP contribution < -0.4 is 4.74 Å². The number of hydrogen-bond acceptors (Lipinski definition) is 5. The molecule has 5 nitrogen and oxygen atoms in total. The molecule has 1 N–H and O–H groups in total. The molecule has 2 aromatic carbocycles. The molecule has 1 saturated heterocycles. The number of para-hydroxylation sites is 1. The van der Waals surface area contributed by atoms with Crippen LogP contribution in [0.5, 0.6) is 5.75 Å². The summed E-state index contributed by atoms with van der Waals surface area (Å²) < 4.78 is 11.2. The number of carboxylic acid groups (broad SMARTS) is 1. The van der Waals surface area contributed by atoms with E-state index in [1.54, 1.807) is 0 Å². The second kappa shape index (κ2) is 11.8. The molecule has 0 aliphatic carbocycles. The van der Waals surface area contributed by atoms with Gasteiger partial charge >= 0.3 is 5.97 Å². The number of ether oxygens (including phenoxy) is 2. The van der Waals surface area contributed by atoms with Crippen molar-refractivity contribution in [1.29, 1.82) is 0 Å². The van der Waals surface area contributed by atoms with Crippen molar-refractivity contribution in [3.63, 3.8) is 0 Å². The Morgan fingerprint density at radius 3 is 2.84 bits per heavy atom. The Balaban J connectivity index is 1.65. The van der Waals surface area contributed by atoms with E-state index >= 15 is 0 Å². The molecule has 1 fully saturated rings. The van der Waals surface area contributed by atoms with Crippen LogP contribution in [0.2, 0.25) is 10.0 Å². The van der Waals surface area contributed by atoms with Crippen LogP contribution in [0.15, 0.2) is 52.3 Å². The second-order valence-corrected chi connectivity index (χ2v) is 8.86. The molecular formula is C23H25Cl2NO4S. The molecule has 0 radical (unpaired) electrons. The van der Waals surface area contributed by atoms with Crippen LogP contribution in [0.1, 0.15) is 18.9 Å². The summed E-state index contributed by atoms with van der Waals surface area (Å²) in [6.07, 6.45) is 3.71. The van der Waals surface area contributed by atoms with Crippen molar-refractivity contribution in [2.24, 2.45) is 0 Å². The third-order valence-corrected chi connectivity index (χ3v) is 6.86. The third kappa shape index (κ3) is 6.89. The minimum Gasteiger partial charge on any atom is -0.493 e. The van der Waals surface area contributed by atoms with Crippen molar-refractivity contribution >= 4 is 47.0 Å². The van der Waals surface area contributed by atoms with Crippen LogP contribution >= 0.6 is 35.0 Å². The summed E-state index contributed by atoms with van der Waals surface area (Å²) in [7, 11) is 0. The van der Waals surface area contributed by atoms with Crippen LogP contribution in [0.3, 0.4) is 0 Å². The third-order valence-electron chi connectivity index (χ3n) is 4.73. The van der Waals surface area contributed by atoms with Crippen LogP contribution in [-0.4, -0.2) is 54.9 Å². The number of benzene rings is 2. The van der Waals surface area contributed by atoms with Crippen LogP contribution in [0.25, 0.3) is 6.08 Å². The minimum absolute atomic E-state index is 0.0210. The fourth-order valence-electron chi connectivity index (χ4n) is 3.28. The van der Waals surface area contributed by atoms with Gasteiger partial charge in [-0.2, -0.15) is 0 Å². The summed E-state index contributed by atoms with van der Waals surface area (Å²) >= 11 is 14.6. The van der Waals surface area contributed by atoms with Gasteiger partial charge in [0.15, 0.2) is 0 Å². The summed E-state index contributed by atoms with van der Waals surface area (Å²) in [5.41, 5.74) is 0.837. The lowest BCUT2D eigenvalue weighted by Crippen LogP contribution is -2.43. The van der Waals surface area contributed by atoms with Crippen molar-refractivity contribution in [2.45, 2.75) is 29.2 Å². The molecule has 0 amide bonds. The highest BCUT2D eigenvalue weighted by Gasteiger charge is 2.21. The topological polar surface area (TPSA) is 59.0 Å². The highest BCUT2D eigenvalue weighted by Crippen LogP contribution is 2.42. The molecule has 1 atom stereocenters. The van der Waals surface area contributed by atoms with Gasteiger partial charge < -0.3 is 14.6 Å². The zero-order valence-electron chi connectivity index (χ0n) is 17.2. The van der Waals surface area contributed by atoms with Gasteiger partial charge in [-0.25, -0.2) is 0 Å². The number of halogens is 2. The lowest BCUT2D eigenvalue weighted by Gasteiger charge is -2.31. The average Bonchev–Trinajstić information content (AvgIpc) is 2.74. The smallest absolute Gasteiger partial charge is 0.306 e. The Bertz CT molecular complexity index is 938. The average molecular weight is 482 g/mol. The van der Waals surface area contributed by atoms with Gasteiger partial charge in [0.2, 0.25) is 0 Å². The van der Waals surface area contributed by atoms with Gasteiger partial charge in [-0.05, 0) is 30.7 Å². The highest BCUT2D eigenvalue weighted by atomic mass is 35.5. The van der Waals surface area contributed by atoms with E-state index in [0.29, 0.717) is 36.3 Å². The molecule has 1 heterocycles. The van der Waals surface area contributed by atoms with E-state index < -0.39 is 5.97 Å². The summed E-state index contributed by atoms with van der Waals surface area (Å²) in [6, 6.07) is 11.7. The Hall–Kier alpha value is -1.70. The fourth-order valence-corrected chi connectivity index (χ4v) is 4.79. The Kier molecular flexibility index (Phi) is 9.11. The Morgan fingerprint density at radius 1 is 1.26 bits per heavy atom. The van der Waals surface area contributed by atoms with E-state index in [1.807, 2.05) is 55.5 Å². The molecular weight excluding hydrogens is 457 g/mol. The predicted octanol–water partition coefficient (Wildman–Crippen LogP) is 5.73. The van der Waals surface area contributed by atoms with E-state index in [1.165, 1.54) is 11.8 Å². The summed E-state index contributed by atoms with van der Waals surface area (Å²) in [5.74, 6) is -0.0245. The fraction of sp³-hybridized carbons (Fsp3) is 0.348. The quantitative estimate of drug-likeness (QED) is 0.493. The normalized spacial score (nSPS) is 17.2. The molecule has 31 heavy (non-hydrogen) atoms. The first-order valence-corrected chi connectivity index (χ1v) is 11.6. The molecule has 0 aromatic heterocycles. The molecule has 3 rings (SSSR count). The maximum Gasteiger partial charge on any atom is 0.306 e. The number of carboxylic acids is 1. The number of rotatable bonds is 9. The standard InChI is InChI=1S/C23H25Cl2NO4S/c1-2-29-18-7-3-4-8-19(18)31-20-10-9-16(22(24)23(20)25)6-5-11-26-12-13-30-17(15-26)14-21(27)28/h3-10,17H,2,11-15H2,1H3,(H,27,28)/b6-5+. The van der Waals surface area contributed by atoms with E-state index in [-0.39, 0.29) is 12.5 Å². The molecule has 166 valence electrons. The van der Waals surface area contributed by atoms with Gasteiger partial charge in [0, 0.05) is 24.5 Å². The van der Waals surface area contributed by atoms with Crippen LogP contribution in [0, 0.1) is 0 Å². The zero-order valence-corrected chi connectivity index (χ0v) is 19.6. The zero-order chi connectivity index (χ0) is 22.2. The summed E-state index contributed by atoms with van der Waals surface area (Å²) in [4.78, 5) is 14.9. The first kappa shape index (κ1) is 24.0. The molecule has 0 saturated carbocycles. The largest absolute Gasteiger partial charge is 0.493 e. The molecule has 0 bridgehead atoms. The van der Waals surface area contributed by atoms with E-state index in [4.69, 9.17) is 37.8 Å². The molecule has 1 aliphatic heterocycles. The summed E-state index contributed by atoms with van der Waals surface area (Å²) in [6.45, 7) is 5.13. The lowest BCUT2D eigenvalue weighted by molar-refractivity contribution is -0.142. The molecule has 0 spiro atoms. The van der Waals surface area contributed by atoms with Gasteiger partial charge in [-0.1, -0.05) is 65.3 Å². The van der Waals surface area contributed by atoms with Gasteiger partial charge in [0.25, 0.3) is 0 Å². The lowest BCUT2D eigenvalue weighted by atomic mass is 10.2. The molecule has 1 aliphatic rings. The highest BCUT2D eigenvalue weighted by molar-refractivity contribution is 7.99. The van der Waals surface area contributed by atoms with Gasteiger partial charge in [0.05, 0.1) is 40.7 Å². The van der Waals surface area contributed by atoms with Gasteiger partial charge in [-0.3, -0.25) is 9.69 Å². The molecule has 8 heteroatoms. The van der Waals surface area contributed by atoms with Crippen molar-refractivity contribution < 1.29 is 19.4 Å². The van der Waals surface area contributed by atoms with Crippen LogP contribution in [-0.2, 0) is 9.53 Å². The predicted molar refractivity (Wildman–Crippen MR) is 126 cm³/mol. The van der Waals surface area contributed by atoms with Crippen molar-refractivity contribution in [2.75, 3.05) is 32.8 Å². The summed E-state index contributed by atoms with van der Waals surface area (Å²) in [5, 5.41) is 9.95. The maximum atomic E-state index is 10.9. The number of hydrogen-bond donors (Lipinski definition) is 1. The van der Waals surface area contributed by atoms with E-state index in [0.717, 1.165) is 27.6 Å². The monoisotopic (exact) mass is 481 g/mol. The van der Waals surface area contributed by atoms with E-state index in [9.17, 15) is 4.79 Å².